The third kappa shape index (κ3) is 6.03. The van der Waals surface area contributed by atoms with Crippen LogP contribution in [0.4, 0.5) is 0 Å². The fourth-order valence-electron chi connectivity index (χ4n) is 2.24. The highest BCUT2D eigenvalue weighted by Crippen LogP contribution is 2.33. The second-order valence-electron chi connectivity index (χ2n) is 5.15. The number of carboxylic acid groups (broad SMARTS) is 1. The van der Waals surface area contributed by atoms with E-state index in [1.165, 1.54) is 0 Å². The molecule has 0 aromatic rings. The molecule has 0 spiro atoms. The van der Waals surface area contributed by atoms with Crippen LogP contribution < -0.4 is 0 Å². The van der Waals surface area contributed by atoms with Crippen LogP contribution in [-0.4, -0.2) is 30.2 Å². The molecule has 0 bridgehead atoms. The molecule has 0 aromatic heterocycles. The maximum Gasteiger partial charge on any atom is 0.322 e. The van der Waals surface area contributed by atoms with E-state index in [0.29, 0.717) is 19.3 Å². The van der Waals surface area contributed by atoms with Crippen LogP contribution in [-0.2, 0) is 23.9 Å². The van der Waals surface area contributed by atoms with E-state index >= 15 is 0 Å². The van der Waals surface area contributed by atoms with Crippen LogP contribution in [0.5, 0.6) is 0 Å². The quantitative estimate of drug-likeness (QED) is 0.464. The van der Waals surface area contributed by atoms with Crippen molar-refractivity contribution in [1.82, 2.24) is 0 Å². The Bertz CT molecular complexity index is 436. The molecule has 0 fully saturated rings. The summed E-state index contributed by atoms with van der Waals surface area (Å²) in [7, 11) is -4.05. The first-order valence-corrected chi connectivity index (χ1v) is 8.84. The van der Waals surface area contributed by atoms with Crippen LogP contribution in [0.1, 0.15) is 72.1 Å². The third-order valence-corrected chi connectivity index (χ3v) is 6.05. The smallest absolute Gasteiger partial charge is 0.322 e. The maximum atomic E-state index is 12.4. The minimum absolute atomic E-state index is 0.363. The van der Waals surface area contributed by atoms with Gasteiger partial charge in [0.05, 0.1) is 12.8 Å². The van der Waals surface area contributed by atoms with Crippen molar-refractivity contribution in [1.29, 1.82) is 0 Å². The third-order valence-electron chi connectivity index (χ3n) is 3.80. The summed E-state index contributed by atoms with van der Waals surface area (Å²) in [6.45, 7) is 5.55. The van der Waals surface area contributed by atoms with Gasteiger partial charge >= 0.3 is 22.1 Å². The van der Waals surface area contributed by atoms with E-state index in [2.05, 4.69) is 4.18 Å². The van der Waals surface area contributed by atoms with Gasteiger partial charge in [0.1, 0.15) is 4.75 Å². The van der Waals surface area contributed by atoms with E-state index in [-0.39, 0.29) is 0 Å². The van der Waals surface area contributed by atoms with Gasteiger partial charge in [-0.2, -0.15) is 8.42 Å². The second kappa shape index (κ2) is 9.02. The average Bonchev–Trinajstić information content (AvgIpc) is 2.41. The molecule has 0 radical (unpaired) electrons. The molecule has 6 nitrogen and oxygen atoms in total. The molecule has 1 N–H and O–H groups in total. The zero-order valence-corrected chi connectivity index (χ0v) is 13.9. The first-order valence-electron chi connectivity index (χ1n) is 7.43. The Balaban J connectivity index is 4.93. The summed E-state index contributed by atoms with van der Waals surface area (Å²) in [4.78, 5) is 21.9. The van der Waals surface area contributed by atoms with Gasteiger partial charge in [0.25, 0.3) is 0 Å². The molecule has 0 atom stereocenters. The van der Waals surface area contributed by atoms with Gasteiger partial charge in [-0.25, -0.2) is 0 Å². The zero-order valence-electron chi connectivity index (χ0n) is 13.1. The van der Waals surface area contributed by atoms with Crippen molar-refractivity contribution in [3.63, 3.8) is 0 Å². The van der Waals surface area contributed by atoms with Gasteiger partial charge in [0.2, 0.25) is 0 Å². The van der Waals surface area contributed by atoms with Crippen LogP contribution >= 0.6 is 0 Å². The highest BCUT2D eigenvalue weighted by Gasteiger charge is 2.43. The fourth-order valence-corrected chi connectivity index (χ4v) is 3.85. The topological polar surface area (TPSA) is 97.7 Å². The largest absolute Gasteiger partial charge is 0.481 e. The molecule has 0 heterocycles. The Kier molecular flexibility index (Phi) is 8.54. The van der Waals surface area contributed by atoms with Crippen molar-refractivity contribution >= 4 is 22.1 Å². The summed E-state index contributed by atoms with van der Waals surface area (Å²) in [5, 5.41) is 8.50. The van der Waals surface area contributed by atoms with Crippen LogP contribution in [0.2, 0.25) is 0 Å². The van der Waals surface area contributed by atoms with Crippen molar-refractivity contribution in [3.05, 3.63) is 0 Å². The first kappa shape index (κ1) is 19.9. The lowest BCUT2D eigenvalue weighted by atomic mass is 9.95. The number of hydrogen-bond donors (Lipinski definition) is 1. The number of rotatable bonds is 11. The summed E-state index contributed by atoms with van der Waals surface area (Å²) >= 11 is 0. The SMILES string of the molecule is CCCCCC(CC)(CC)S(=O)(=O)OC(=O)CCC(=O)O. The van der Waals surface area contributed by atoms with Gasteiger partial charge in [-0.1, -0.05) is 40.0 Å². The van der Waals surface area contributed by atoms with E-state index in [9.17, 15) is 18.0 Å². The molecular weight excluding hydrogens is 296 g/mol. The number of carboxylic acids is 1. The molecule has 0 unspecified atom stereocenters. The van der Waals surface area contributed by atoms with Crippen LogP contribution in [0.25, 0.3) is 0 Å². The van der Waals surface area contributed by atoms with Gasteiger partial charge in [0.15, 0.2) is 0 Å². The molecule has 0 rings (SSSR count). The van der Waals surface area contributed by atoms with Crippen molar-refractivity contribution in [3.8, 4) is 0 Å². The van der Waals surface area contributed by atoms with Crippen molar-refractivity contribution < 1.29 is 27.3 Å². The van der Waals surface area contributed by atoms with Gasteiger partial charge in [-0.15, -0.1) is 0 Å². The Morgan fingerprint density at radius 3 is 2.05 bits per heavy atom. The lowest BCUT2D eigenvalue weighted by Gasteiger charge is -2.30. The minimum atomic E-state index is -4.05. The van der Waals surface area contributed by atoms with E-state index in [1.807, 2.05) is 6.92 Å². The Morgan fingerprint density at radius 2 is 1.62 bits per heavy atom. The lowest BCUT2D eigenvalue weighted by Crippen LogP contribution is -2.40. The van der Waals surface area contributed by atoms with Gasteiger partial charge < -0.3 is 9.29 Å². The van der Waals surface area contributed by atoms with Gasteiger partial charge in [-0.3, -0.25) is 9.59 Å². The number of hydrogen-bond acceptors (Lipinski definition) is 5. The highest BCUT2D eigenvalue weighted by molar-refractivity contribution is 7.88. The van der Waals surface area contributed by atoms with Crippen molar-refractivity contribution in [2.24, 2.45) is 0 Å². The molecule has 7 heteroatoms. The van der Waals surface area contributed by atoms with E-state index < -0.39 is 39.6 Å². The summed E-state index contributed by atoms with van der Waals surface area (Å²) in [5.41, 5.74) is 0. The molecular formula is C14H26O6S. The molecule has 0 aliphatic heterocycles. The highest BCUT2D eigenvalue weighted by atomic mass is 32.2. The average molecular weight is 322 g/mol. The summed E-state index contributed by atoms with van der Waals surface area (Å²) < 4.78 is 28.3. The molecule has 0 aliphatic carbocycles. The summed E-state index contributed by atoms with van der Waals surface area (Å²) in [6.07, 6.45) is 2.95. The van der Waals surface area contributed by atoms with Crippen molar-refractivity contribution in [2.75, 3.05) is 0 Å². The lowest BCUT2D eigenvalue weighted by molar-refractivity contribution is -0.142. The molecule has 0 saturated heterocycles. The van der Waals surface area contributed by atoms with Gasteiger partial charge in [-0.05, 0) is 19.3 Å². The molecule has 0 amide bonds. The van der Waals surface area contributed by atoms with E-state index in [4.69, 9.17) is 5.11 Å². The Hall–Kier alpha value is -1.11. The van der Waals surface area contributed by atoms with E-state index in [0.717, 1.165) is 19.3 Å². The van der Waals surface area contributed by atoms with Crippen LogP contribution in [0.15, 0.2) is 0 Å². The number of unbranched alkanes of at least 4 members (excludes halogenated alkanes) is 2. The van der Waals surface area contributed by atoms with Crippen molar-refractivity contribution in [2.45, 2.75) is 76.9 Å². The van der Waals surface area contributed by atoms with Crippen LogP contribution in [0.3, 0.4) is 0 Å². The molecule has 21 heavy (non-hydrogen) atoms. The molecule has 0 aromatic carbocycles. The monoisotopic (exact) mass is 322 g/mol. The standard InChI is InChI=1S/C14H26O6S/c1-4-7-8-11-14(5-2,6-3)21(18,19)20-13(17)10-9-12(15)16/h4-11H2,1-3H3,(H,15,16). The maximum absolute atomic E-state index is 12.4. The molecule has 0 aliphatic rings. The number of carbonyl (C=O) groups is 2. The van der Waals surface area contributed by atoms with Crippen LogP contribution in [0, 0.1) is 0 Å². The molecule has 124 valence electrons. The Morgan fingerprint density at radius 1 is 1.05 bits per heavy atom. The zero-order chi connectivity index (χ0) is 16.5. The predicted octanol–water partition coefficient (Wildman–Crippen LogP) is 2.86. The number of carbonyl (C=O) groups excluding carboxylic acids is 1. The number of aliphatic carboxylic acids is 1. The van der Waals surface area contributed by atoms with Gasteiger partial charge in [0, 0.05) is 0 Å². The minimum Gasteiger partial charge on any atom is -0.481 e. The summed E-state index contributed by atoms with van der Waals surface area (Å²) in [6, 6.07) is 0. The van der Waals surface area contributed by atoms with E-state index in [1.54, 1.807) is 13.8 Å². The fraction of sp³-hybridized carbons (Fsp3) is 0.857. The molecule has 0 saturated carbocycles. The Labute approximate surface area is 127 Å². The normalized spacial score (nSPS) is 12.1. The summed E-state index contributed by atoms with van der Waals surface area (Å²) in [5.74, 6) is -2.16. The second-order valence-corrected chi connectivity index (χ2v) is 7.09. The first-order chi connectivity index (χ1) is 9.74. The predicted molar refractivity (Wildman–Crippen MR) is 79.3 cm³/mol.